The average Bonchev–Trinajstić information content (AvgIpc) is 2.85. The molecule has 1 aliphatic heterocycles. The molecule has 1 aliphatic rings. The number of para-hydroxylation sites is 1. The standard InChI is InChI=1S/C24H24FN7O/c1-15-22(25)28-10-11-32(15)24-21-18(13-26-14-19(21)33-2)30-23(31-24)16-8-9-27-20(12-16)29-17-6-4-3-5-7-17/h3-9,12-15,22,28H,10-11H2,1-2H3,(H,27,29). The predicted octanol–water partition coefficient (Wildman–Crippen LogP) is 3.93. The van der Waals surface area contributed by atoms with Crippen molar-refractivity contribution in [2.75, 3.05) is 30.4 Å². The van der Waals surface area contributed by atoms with E-state index < -0.39 is 12.3 Å². The van der Waals surface area contributed by atoms with Gasteiger partial charge in [0.2, 0.25) is 0 Å². The van der Waals surface area contributed by atoms with E-state index in [0.29, 0.717) is 47.2 Å². The number of hydrogen-bond donors (Lipinski definition) is 2. The van der Waals surface area contributed by atoms with E-state index in [9.17, 15) is 4.39 Å². The largest absolute Gasteiger partial charge is 0.494 e. The Kier molecular flexibility index (Phi) is 5.70. The second-order valence-corrected chi connectivity index (χ2v) is 7.82. The molecule has 168 valence electrons. The molecule has 1 aromatic carbocycles. The zero-order valence-electron chi connectivity index (χ0n) is 18.4. The summed E-state index contributed by atoms with van der Waals surface area (Å²) >= 11 is 0. The number of aromatic nitrogens is 4. The van der Waals surface area contributed by atoms with E-state index in [1.54, 1.807) is 25.7 Å². The number of ether oxygens (including phenoxy) is 1. The fourth-order valence-electron chi connectivity index (χ4n) is 3.99. The molecule has 0 radical (unpaired) electrons. The number of hydrogen-bond acceptors (Lipinski definition) is 8. The second kappa shape index (κ2) is 8.95. The second-order valence-electron chi connectivity index (χ2n) is 7.82. The maximum atomic E-state index is 14.5. The fraction of sp³-hybridized carbons (Fsp3) is 0.250. The van der Waals surface area contributed by atoms with E-state index in [-0.39, 0.29) is 0 Å². The lowest BCUT2D eigenvalue weighted by Crippen LogP contribution is -2.55. The summed E-state index contributed by atoms with van der Waals surface area (Å²) in [5.74, 6) is 2.36. The molecule has 33 heavy (non-hydrogen) atoms. The van der Waals surface area contributed by atoms with Gasteiger partial charge in [-0.1, -0.05) is 18.2 Å². The van der Waals surface area contributed by atoms with Crippen LogP contribution in [0.25, 0.3) is 22.3 Å². The van der Waals surface area contributed by atoms with Crippen molar-refractivity contribution in [3.8, 4) is 17.1 Å². The summed E-state index contributed by atoms with van der Waals surface area (Å²) in [6.45, 7) is 2.96. The first-order valence-electron chi connectivity index (χ1n) is 10.8. The molecule has 0 spiro atoms. The molecule has 1 fully saturated rings. The van der Waals surface area contributed by atoms with Gasteiger partial charge in [0.15, 0.2) is 12.1 Å². The third-order valence-electron chi connectivity index (χ3n) is 5.72. The van der Waals surface area contributed by atoms with Gasteiger partial charge in [-0.25, -0.2) is 19.3 Å². The number of methoxy groups -OCH3 is 1. The molecule has 0 amide bonds. The number of alkyl halides is 1. The highest BCUT2D eigenvalue weighted by atomic mass is 19.1. The molecular weight excluding hydrogens is 421 g/mol. The summed E-state index contributed by atoms with van der Waals surface area (Å²) in [6, 6.07) is 13.2. The van der Waals surface area contributed by atoms with Crippen LogP contribution in [-0.4, -0.2) is 52.5 Å². The van der Waals surface area contributed by atoms with Crippen molar-refractivity contribution >= 4 is 28.2 Å². The number of rotatable bonds is 5. The lowest BCUT2D eigenvalue weighted by molar-refractivity contribution is 0.208. The van der Waals surface area contributed by atoms with Crippen molar-refractivity contribution in [2.45, 2.75) is 19.3 Å². The van der Waals surface area contributed by atoms with Gasteiger partial charge in [0.25, 0.3) is 0 Å². The minimum Gasteiger partial charge on any atom is -0.494 e. The van der Waals surface area contributed by atoms with Crippen LogP contribution in [0, 0.1) is 0 Å². The Bertz CT molecular complexity index is 1270. The van der Waals surface area contributed by atoms with Crippen molar-refractivity contribution < 1.29 is 9.13 Å². The first kappa shape index (κ1) is 21.0. The van der Waals surface area contributed by atoms with E-state index in [1.807, 2.05) is 54.3 Å². The lowest BCUT2D eigenvalue weighted by atomic mass is 10.1. The highest BCUT2D eigenvalue weighted by Crippen LogP contribution is 2.35. The molecule has 0 saturated carbocycles. The molecule has 9 heteroatoms. The third kappa shape index (κ3) is 4.14. The predicted molar refractivity (Wildman–Crippen MR) is 127 cm³/mol. The number of anilines is 3. The normalized spacial score (nSPS) is 18.3. The highest BCUT2D eigenvalue weighted by Gasteiger charge is 2.31. The number of fused-ring (bicyclic) bond motifs is 1. The molecule has 2 N–H and O–H groups in total. The van der Waals surface area contributed by atoms with Crippen LogP contribution in [0.5, 0.6) is 5.75 Å². The Morgan fingerprint density at radius 2 is 2.00 bits per heavy atom. The Balaban J connectivity index is 1.62. The monoisotopic (exact) mass is 445 g/mol. The Morgan fingerprint density at radius 1 is 1.15 bits per heavy atom. The van der Waals surface area contributed by atoms with Gasteiger partial charge in [-0.05, 0) is 31.2 Å². The maximum absolute atomic E-state index is 14.5. The first-order valence-corrected chi connectivity index (χ1v) is 10.8. The van der Waals surface area contributed by atoms with Gasteiger partial charge in [0.05, 0.1) is 36.4 Å². The van der Waals surface area contributed by atoms with Crippen LogP contribution in [0.15, 0.2) is 61.1 Å². The van der Waals surface area contributed by atoms with Crippen LogP contribution in [0.2, 0.25) is 0 Å². The van der Waals surface area contributed by atoms with E-state index in [2.05, 4.69) is 20.6 Å². The highest BCUT2D eigenvalue weighted by molar-refractivity contribution is 5.95. The van der Waals surface area contributed by atoms with Crippen LogP contribution >= 0.6 is 0 Å². The zero-order chi connectivity index (χ0) is 22.8. The van der Waals surface area contributed by atoms with Gasteiger partial charge in [-0.2, -0.15) is 0 Å². The molecule has 8 nitrogen and oxygen atoms in total. The molecule has 3 aromatic heterocycles. The summed E-state index contributed by atoms with van der Waals surface area (Å²) in [5, 5.41) is 6.88. The molecule has 4 heterocycles. The quantitative estimate of drug-likeness (QED) is 0.447. The van der Waals surface area contributed by atoms with Crippen molar-refractivity contribution in [3.63, 3.8) is 0 Å². The van der Waals surface area contributed by atoms with E-state index in [0.717, 1.165) is 11.3 Å². The van der Waals surface area contributed by atoms with Crippen LogP contribution in [-0.2, 0) is 0 Å². The minimum atomic E-state index is -1.16. The van der Waals surface area contributed by atoms with Gasteiger partial charge >= 0.3 is 0 Å². The minimum absolute atomic E-state index is 0.407. The number of nitrogens with one attached hydrogen (secondary N) is 2. The van der Waals surface area contributed by atoms with Crippen LogP contribution in [0.3, 0.4) is 0 Å². The van der Waals surface area contributed by atoms with Crippen LogP contribution in [0.4, 0.5) is 21.7 Å². The summed E-state index contributed by atoms with van der Waals surface area (Å²) in [7, 11) is 1.58. The maximum Gasteiger partial charge on any atom is 0.171 e. The topological polar surface area (TPSA) is 88.1 Å². The average molecular weight is 446 g/mol. The lowest BCUT2D eigenvalue weighted by Gasteiger charge is -2.37. The van der Waals surface area contributed by atoms with Gasteiger partial charge in [-0.15, -0.1) is 0 Å². The summed E-state index contributed by atoms with van der Waals surface area (Å²) in [6.07, 6.45) is 3.85. The van der Waals surface area contributed by atoms with Gasteiger partial charge in [0, 0.05) is 30.5 Å². The van der Waals surface area contributed by atoms with E-state index >= 15 is 0 Å². The summed E-state index contributed by atoms with van der Waals surface area (Å²) in [5.41, 5.74) is 2.35. The van der Waals surface area contributed by atoms with Gasteiger partial charge in [-0.3, -0.25) is 10.3 Å². The number of nitrogens with zero attached hydrogens (tertiary/aromatic N) is 5. The number of piperazine rings is 1. The van der Waals surface area contributed by atoms with E-state index in [1.165, 1.54) is 0 Å². The van der Waals surface area contributed by atoms with Crippen molar-refractivity contribution in [3.05, 3.63) is 61.1 Å². The number of benzene rings is 1. The molecule has 5 rings (SSSR count). The van der Waals surface area contributed by atoms with E-state index in [4.69, 9.17) is 14.7 Å². The zero-order valence-corrected chi connectivity index (χ0v) is 18.4. The Morgan fingerprint density at radius 3 is 2.82 bits per heavy atom. The summed E-state index contributed by atoms with van der Waals surface area (Å²) < 4.78 is 20.1. The Hall–Kier alpha value is -3.85. The van der Waals surface area contributed by atoms with Crippen molar-refractivity contribution in [1.29, 1.82) is 0 Å². The molecule has 0 bridgehead atoms. The number of pyridine rings is 2. The molecule has 2 atom stereocenters. The third-order valence-corrected chi connectivity index (χ3v) is 5.72. The SMILES string of the molecule is COc1cncc2nc(-c3ccnc(Nc4ccccc4)c3)nc(N3CCNC(F)C3C)c12. The fourth-order valence-corrected chi connectivity index (χ4v) is 3.99. The van der Waals surface area contributed by atoms with Crippen molar-refractivity contribution in [1.82, 2.24) is 25.3 Å². The molecule has 0 aliphatic carbocycles. The van der Waals surface area contributed by atoms with Gasteiger partial charge < -0.3 is 15.0 Å². The van der Waals surface area contributed by atoms with Crippen molar-refractivity contribution in [2.24, 2.45) is 0 Å². The van der Waals surface area contributed by atoms with Crippen LogP contribution in [0.1, 0.15) is 6.92 Å². The number of halogens is 1. The molecule has 4 aromatic rings. The molecular formula is C24H24FN7O. The first-order chi connectivity index (χ1) is 16.1. The molecule has 2 unspecified atom stereocenters. The van der Waals surface area contributed by atoms with Gasteiger partial charge in [0.1, 0.15) is 17.4 Å². The smallest absolute Gasteiger partial charge is 0.171 e. The van der Waals surface area contributed by atoms with Crippen LogP contribution < -0.4 is 20.3 Å². The summed E-state index contributed by atoms with van der Waals surface area (Å²) in [4.78, 5) is 20.3. The molecule has 1 saturated heterocycles. The Labute approximate surface area is 190 Å².